The van der Waals surface area contributed by atoms with Gasteiger partial charge in [0.25, 0.3) is 10.0 Å². The second-order valence-corrected chi connectivity index (χ2v) is 12.1. The Hall–Kier alpha value is -3.76. The fourth-order valence-electron chi connectivity index (χ4n) is 4.49. The molecule has 0 aromatic heterocycles. The lowest BCUT2D eigenvalue weighted by atomic mass is 10.1. The minimum atomic E-state index is -4.21. The Kier molecular flexibility index (Phi) is 12.7. The third-order valence-corrected chi connectivity index (χ3v) is 8.88. The number of sulfonamides is 1. The van der Waals surface area contributed by atoms with Crippen molar-refractivity contribution in [3.8, 4) is 11.5 Å². The number of nitrogens with zero attached hydrogens (tertiary/aromatic N) is 2. The second-order valence-electron chi connectivity index (χ2n) is 9.83. The molecule has 0 heterocycles. The first-order chi connectivity index (χ1) is 20.6. The second kappa shape index (κ2) is 16.2. The van der Waals surface area contributed by atoms with Gasteiger partial charge >= 0.3 is 0 Å². The standard InChI is InChI=1S/C32H40ClN3O6S/c1-5-8-21-34-32(38)30(6-2)35(22-24-9-15-27(41-4)16-10-24)31(37)23-36(26-13-17-28(18-14-26)42-7-3)43(39,40)29-19-11-25(33)12-20-29/h9-20,30H,5-8,21-23H2,1-4H3,(H,34,38). The van der Waals surface area contributed by atoms with E-state index in [0.29, 0.717) is 36.1 Å². The number of anilines is 1. The summed E-state index contributed by atoms with van der Waals surface area (Å²) in [6, 6.07) is 18.6. The van der Waals surface area contributed by atoms with Crippen LogP contribution in [0.15, 0.2) is 77.7 Å². The van der Waals surface area contributed by atoms with Crippen LogP contribution in [-0.2, 0) is 26.2 Å². The van der Waals surface area contributed by atoms with Gasteiger partial charge in [0.05, 0.1) is 24.3 Å². The maximum Gasteiger partial charge on any atom is 0.264 e. The van der Waals surface area contributed by atoms with Gasteiger partial charge in [0.2, 0.25) is 11.8 Å². The zero-order valence-electron chi connectivity index (χ0n) is 25.1. The van der Waals surface area contributed by atoms with E-state index >= 15 is 0 Å². The van der Waals surface area contributed by atoms with Crippen LogP contribution in [0.5, 0.6) is 11.5 Å². The van der Waals surface area contributed by atoms with E-state index in [-0.39, 0.29) is 23.0 Å². The monoisotopic (exact) mass is 629 g/mol. The number of carbonyl (C=O) groups is 2. The summed E-state index contributed by atoms with van der Waals surface area (Å²) in [6.45, 7) is 6.20. The molecule has 1 N–H and O–H groups in total. The summed E-state index contributed by atoms with van der Waals surface area (Å²) in [6.07, 6.45) is 2.05. The predicted molar refractivity (Wildman–Crippen MR) is 169 cm³/mol. The lowest BCUT2D eigenvalue weighted by molar-refractivity contribution is -0.140. The van der Waals surface area contributed by atoms with Crippen LogP contribution >= 0.6 is 11.6 Å². The van der Waals surface area contributed by atoms with Crippen molar-refractivity contribution in [1.29, 1.82) is 0 Å². The van der Waals surface area contributed by atoms with Gasteiger partial charge in [0.15, 0.2) is 0 Å². The van der Waals surface area contributed by atoms with Crippen LogP contribution in [0.2, 0.25) is 5.02 Å². The molecule has 0 spiro atoms. The first-order valence-electron chi connectivity index (χ1n) is 14.4. The largest absolute Gasteiger partial charge is 0.497 e. The Balaban J connectivity index is 2.03. The smallest absolute Gasteiger partial charge is 0.264 e. The van der Waals surface area contributed by atoms with Crippen molar-refractivity contribution in [2.45, 2.75) is 57.5 Å². The van der Waals surface area contributed by atoms with Crippen molar-refractivity contribution in [2.24, 2.45) is 0 Å². The number of unbranched alkanes of at least 4 members (excludes halogenated alkanes) is 1. The van der Waals surface area contributed by atoms with Gasteiger partial charge in [-0.3, -0.25) is 13.9 Å². The van der Waals surface area contributed by atoms with Crippen LogP contribution in [0, 0.1) is 0 Å². The minimum Gasteiger partial charge on any atom is -0.497 e. The maximum atomic E-state index is 14.2. The van der Waals surface area contributed by atoms with Crippen LogP contribution in [0.3, 0.4) is 0 Å². The Labute approximate surface area is 259 Å². The first-order valence-corrected chi connectivity index (χ1v) is 16.2. The average molecular weight is 630 g/mol. The highest BCUT2D eigenvalue weighted by molar-refractivity contribution is 7.92. The minimum absolute atomic E-state index is 0.0235. The Morgan fingerprint density at radius 2 is 1.53 bits per heavy atom. The van der Waals surface area contributed by atoms with Gasteiger partial charge in [-0.15, -0.1) is 0 Å². The highest BCUT2D eigenvalue weighted by Crippen LogP contribution is 2.27. The number of hydrogen-bond acceptors (Lipinski definition) is 6. The van der Waals surface area contributed by atoms with Gasteiger partial charge in [-0.05, 0) is 86.0 Å². The summed E-state index contributed by atoms with van der Waals surface area (Å²) in [5.41, 5.74) is 1.04. The van der Waals surface area contributed by atoms with Crippen molar-refractivity contribution < 1.29 is 27.5 Å². The van der Waals surface area contributed by atoms with Gasteiger partial charge in [-0.2, -0.15) is 0 Å². The van der Waals surface area contributed by atoms with Crippen molar-refractivity contribution in [1.82, 2.24) is 10.2 Å². The molecule has 0 aliphatic heterocycles. The maximum absolute atomic E-state index is 14.2. The molecule has 0 aliphatic rings. The molecule has 3 aromatic carbocycles. The third-order valence-electron chi connectivity index (χ3n) is 6.84. The lowest BCUT2D eigenvalue weighted by Crippen LogP contribution is -2.52. The first kappa shape index (κ1) is 33.7. The van der Waals surface area contributed by atoms with E-state index < -0.39 is 28.5 Å². The summed E-state index contributed by atoms with van der Waals surface area (Å²) in [5.74, 6) is 0.407. The molecule has 0 aliphatic carbocycles. The van der Waals surface area contributed by atoms with Gasteiger partial charge < -0.3 is 19.7 Å². The highest BCUT2D eigenvalue weighted by atomic mass is 35.5. The summed E-state index contributed by atoms with van der Waals surface area (Å²) in [7, 11) is -2.64. The Bertz CT molecular complexity index is 1430. The molecule has 0 bridgehead atoms. The van der Waals surface area contributed by atoms with E-state index in [1.165, 1.54) is 29.2 Å². The van der Waals surface area contributed by atoms with E-state index in [1.807, 2.05) is 32.9 Å². The van der Waals surface area contributed by atoms with Crippen molar-refractivity contribution >= 4 is 39.1 Å². The summed E-state index contributed by atoms with van der Waals surface area (Å²) >= 11 is 6.02. The molecule has 1 atom stereocenters. The van der Waals surface area contributed by atoms with Crippen molar-refractivity contribution in [3.05, 3.63) is 83.4 Å². The van der Waals surface area contributed by atoms with Gasteiger partial charge in [0, 0.05) is 18.1 Å². The van der Waals surface area contributed by atoms with Crippen LogP contribution in [-0.4, -0.2) is 58.0 Å². The molecule has 11 heteroatoms. The number of ether oxygens (including phenoxy) is 2. The van der Waals surface area contributed by atoms with E-state index in [0.717, 1.165) is 22.7 Å². The topological polar surface area (TPSA) is 105 Å². The lowest BCUT2D eigenvalue weighted by Gasteiger charge is -2.33. The molecule has 2 amide bonds. The number of nitrogens with one attached hydrogen (secondary N) is 1. The quantitative estimate of drug-likeness (QED) is 0.205. The number of hydrogen-bond donors (Lipinski definition) is 1. The van der Waals surface area contributed by atoms with Crippen LogP contribution < -0.4 is 19.1 Å². The van der Waals surface area contributed by atoms with E-state index in [2.05, 4.69) is 5.32 Å². The normalized spacial score (nSPS) is 11.8. The number of rotatable bonds is 16. The molecule has 0 saturated carbocycles. The molecule has 3 aromatic rings. The fraction of sp³-hybridized carbons (Fsp3) is 0.375. The zero-order chi connectivity index (χ0) is 31.4. The molecular formula is C32H40ClN3O6S. The third kappa shape index (κ3) is 9.11. The van der Waals surface area contributed by atoms with Crippen LogP contribution in [0.25, 0.3) is 0 Å². The van der Waals surface area contributed by atoms with E-state index in [4.69, 9.17) is 21.1 Å². The molecule has 9 nitrogen and oxygen atoms in total. The molecule has 1 unspecified atom stereocenters. The van der Waals surface area contributed by atoms with Gasteiger partial charge in [-0.25, -0.2) is 8.42 Å². The SMILES string of the molecule is CCCCNC(=O)C(CC)N(Cc1ccc(OC)cc1)C(=O)CN(c1ccc(OCC)cc1)S(=O)(=O)c1ccc(Cl)cc1. The molecule has 232 valence electrons. The summed E-state index contributed by atoms with van der Waals surface area (Å²) in [5, 5.41) is 3.31. The molecule has 43 heavy (non-hydrogen) atoms. The summed E-state index contributed by atoms with van der Waals surface area (Å²) < 4.78 is 39.8. The molecule has 0 saturated heterocycles. The molecule has 3 rings (SSSR count). The number of amides is 2. The number of halogens is 1. The number of benzene rings is 3. The van der Waals surface area contributed by atoms with Gasteiger partial charge in [-0.1, -0.05) is 44.0 Å². The van der Waals surface area contributed by atoms with Crippen molar-refractivity contribution in [3.63, 3.8) is 0 Å². The van der Waals surface area contributed by atoms with Gasteiger partial charge in [0.1, 0.15) is 24.1 Å². The van der Waals surface area contributed by atoms with E-state index in [1.54, 1.807) is 43.5 Å². The highest BCUT2D eigenvalue weighted by Gasteiger charge is 2.33. The number of carbonyl (C=O) groups excluding carboxylic acids is 2. The van der Waals surface area contributed by atoms with E-state index in [9.17, 15) is 18.0 Å². The predicted octanol–water partition coefficient (Wildman–Crippen LogP) is 5.67. The summed E-state index contributed by atoms with van der Waals surface area (Å²) in [4.78, 5) is 28.9. The fourth-order valence-corrected chi connectivity index (χ4v) is 6.03. The average Bonchev–Trinajstić information content (AvgIpc) is 3.01. The Morgan fingerprint density at radius 3 is 2.09 bits per heavy atom. The Morgan fingerprint density at radius 1 is 0.907 bits per heavy atom. The molecular weight excluding hydrogens is 590 g/mol. The van der Waals surface area contributed by atoms with Crippen molar-refractivity contribution in [2.75, 3.05) is 31.1 Å². The molecule has 0 radical (unpaired) electrons. The zero-order valence-corrected chi connectivity index (χ0v) is 26.7. The molecule has 0 fully saturated rings. The van der Waals surface area contributed by atoms with Crippen LogP contribution in [0.4, 0.5) is 5.69 Å². The number of methoxy groups -OCH3 is 1. The van der Waals surface area contributed by atoms with Crippen LogP contribution in [0.1, 0.15) is 45.6 Å².